The summed E-state index contributed by atoms with van der Waals surface area (Å²) in [5, 5.41) is 6.49. The molecule has 2 heterocycles. The van der Waals surface area contributed by atoms with Crippen LogP contribution < -0.4 is 10.2 Å². The Hall–Kier alpha value is -2.30. The van der Waals surface area contributed by atoms with Gasteiger partial charge in [0.1, 0.15) is 11.3 Å². The monoisotopic (exact) mass is 299 g/mol. The maximum absolute atomic E-state index is 12.1. The number of rotatable bonds is 3. The van der Waals surface area contributed by atoms with E-state index in [1.807, 2.05) is 12.1 Å². The second-order valence-electron chi connectivity index (χ2n) is 5.97. The molecule has 22 heavy (non-hydrogen) atoms. The van der Waals surface area contributed by atoms with Crippen LogP contribution in [0.2, 0.25) is 0 Å². The number of aromatic nitrogens is 1. The molecule has 1 amide bonds. The molecular weight excluding hydrogens is 278 g/mol. The molecule has 0 atom stereocenters. The van der Waals surface area contributed by atoms with Crippen molar-refractivity contribution in [3.05, 3.63) is 41.8 Å². The van der Waals surface area contributed by atoms with Crippen molar-refractivity contribution in [2.24, 2.45) is 5.92 Å². The van der Waals surface area contributed by atoms with Crippen molar-refractivity contribution in [2.75, 3.05) is 23.3 Å². The van der Waals surface area contributed by atoms with Crippen LogP contribution >= 0.6 is 0 Å². The molecule has 1 aromatic heterocycles. The lowest BCUT2D eigenvalue weighted by molar-refractivity contribution is 0.102. The van der Waals surface area contributed by atoms with E-state index < -0.39 is 0 Å². The Balaban J connectivity index is 1.64. The summed E-state index contributed by atoms with van der Waals surface area (Å²) in [6, 6.07) is 8.00. The molecule has 0 saturated carbocycles. The summed E-state index contributed by atoms with van der Waals surface area (Å²) in [6.45, 7) is 6.24. The van der Waals surface area contributed by atoms with Gasteiger partial charge in [0.25, 0.3) is 5.91 Å². The zero-order valence-electron chi connectivity index (χ0n) is 13.0. The first-order chi connectivity index (χ1) is 10.6. The third kappa shape index (κ3) is 3.13. The summed E-state index contributed by atoms with van der Waals surface area (Å²) in [6.07, 6.45) is 3.92. The van der Waals surface area contributed by atoms with Crippen LogP contribution in [0.25, 0.3) is 0 Å². The minimum atomic E-state index is -0.196. The van der Waals surface area contributed by atoms with Crippen LogP contribution in [0, 0.1) is 12.8 Å². The van der Waals surface area contributed by atoms with Crippen molar-refractivity contribution < 1.29 is 9.32 Å². The van der Waals surface area contributed by atoms with Crippen LogP contribution in [0.15, 0.2) is 35.0 Å². The summed E-state index contributed by atoms with van der Waals surface area (Å²) in [5.74, 6) is 1.15. The molecule has 3 rings (SSSR count). The van der Waals surface area contributed by atoms with Crippen molar-refractivity contribution in [1.29, 1.82) is 0 Å². The topological polar surface area (TPSA) is 58.4 Å². The van der Waals surface area contributed by atoms with Gasteiger partial charge in [-0.05, 0) is 49.9 Å². The van der Waals surface area contributed by atoms with Gasteiger partial charge in [-0.25, -0.2) is 0 Å². The summed E-state index contributed by atoms with van der Waals surface area (Å²) < 4.78 is 4.91. The number of piperidine rings is 1. The van der Waals surface area contributed by atoms with Gasteiger partial charge in [-0.1, -0.05) is 12.1 Å². The van der Waals surface area contributed by atoms with Crippen LogP contribution in [-0.2, 0) is 0 Å². The van der Waals surface area contributed by atoms with Gasteiger partial charge in [0.05, 0.1) is 6.20 Å². The predicted octanol–water partition coefficient (Wildman–Crippen LogP) is 3.47. The molecule has 0 radical (unpaired) electrons. The van der Waals surface area contributed by atoms with E-state index in [9.17, 15) is 4.79 Å². The fourth-order valence-corrected chi connectivity index (χ4v) is 2.74. The highest BCUT2D eigenvalue weighted by Gasteiger charge is 2.16. The number of nitrogens with zero attached hydrogens (tertiary/aromatic N) is 2. The molecule has 0 spiro atoms. The second kappa shape index (κ2) is 6.22. The quantitative estimate of drug-likeness (QED) is 0.942. The summed E-state index contributed by atoms with van der Waals surface area (Å²) in [7, 11) is 0. The van der Waals surface area contributed by atoms with E-state index >= 15 is 0 Å². The first kappa shape index (κ1) is 14.6. The maximum Gasteiger partial charge on any atom is 0.260 e. The lowest BCUT2D eigenvalue weighted by Gasteiger charge is -2.32. The molecule has 1 aromatic carbocycles. The van der Waals surface area contributed by atoms with Crippen molar-refractivity contribution in [3.8, 4) is 0 Å². The average Bonchev–Trinajstić information content (AvgIpc) is 2.95. The van der Waals surface area contributed by atoms with Gasteiger partial charge >= 0.3 is 0 Å². The van der Waals surface area contributed by atoms with Crippen molar-refractivity contribution in [2.45, 2.75) is 26.7 Å². The smallest absolute Gasteiger partial charge is 0.260 e. The maximum atomic E-state index is 12.1. The Morgan fingerprint density at radius 1 is 1.27 bits per heavy atom. The van der Waals surface area contributed by atoms with E-state index in [0.717, 1.165) is 24.7 Å². The summed E-state index contributed by atoms with van der Waals surface area (Å²) in [4.78, 5) is 14.5. The van der Waals surface area contributed by atoms with Gasteiger partial charge in [-0.15, -0.1) is 0 Å². The largest absolute Gasteiger partial charge is 0.372 e. The van der Waals surface area contributed by atoms with Crippen LogP contribution in [0.1, 0.15) is 35.9 Å². The highest BCUT2D eigenvalue weighted by Crippen LogP contribution is 2.24. The number of hydrogen-bond donors (Lipinski definition) is 1. The highest BCUT2D eigenvalue weighted by atomic mass is 16.5. The number of nitrogens with one attached hydrogen (secondary N) is 1. The molecule has 0 bridgehead atoms. The van der Waals surface area contributed by atoms with E-state index in [0.29, 0.717) is 11.3 Å². The standard InChI is InChI=1S/C17H21N3O2/c1-12-7-9-20(10-8-12)15-5-3-14(4-6-15)19-17(21)16-11-18-22-13(16)2/h3-6,11-12H,7-10H2,1-2H3,(H,19,21). The number of carbonyl (C=O) groups is 1. The summed E-state index contributed by atoms with van der Waals surface area (Å²) in [5.41, 5.74) is 2.46. The molecule has 5 nitrogen and oxygen atoms in total. The van der Waals surface area contributed by atoms with Gasteiger partial charge in [0.15, 0.2) is 0 Å². The molecule has 5 heteroatoms. The molecule has 1 fully saturated rings. The van der Waals surface area contributed by atoms with Crippen LogP contribution in [0.5, 0.6) is 0 Å². The minimum absolute atomic E-state index is 0.196. The van der Waals surface area contributed by atoms with Crippen molar-refractivity contribution in [1.82, 2.24) is 5.16 Å². The fraction of sp³-hybridized carbons (Fsp3) is 0.412. The van der Waals surface area contributed by atoms with Gasteiger partial charge in [0.2, 0.25) is 0 Å². The van der Waals surface area contributed by atoms with Crippen LogP contribution in [-0.4, -0.2) is 24.2 Å². The number of anilines is 2. The zero-order chi connectivity index (χ0) is 15.5. The molecule has 1 saturated heterocycles. The van der Waals surface area contributed by atoms with E-state index in [4.69, 9.17) is 4.52 Å². The first-order valence-electron chi connectivity index (χ1n) is 7.71. The van der Waals surface area contributed by atoms with Crippen molar-refractivity contribution >= 4 is 17.3 Å². The molecule has 0 unspecified atom stereocenters. The van der Waals surface area contributed by atoms with E-state index in [-0.39, 0.29) is 5.91 Å². The Kier molecular flexibility index (Phi) is 4.13. The average molecular weight is 299 g/mol. The van der Waals surface area contributed by atoms with Gasteiger partial charge in [-0.3, -0.25) is 4.79 Å². The van der Waals surface area contributed by atoms with E-state index in [1.165, 1.54) is 24.7 Å². The van der Waals surface area contributed by atoms with E-state index in [1.54, 1.807) is 6.92 Å². The van der Waals surface area contributed by atoms with Crippen LogP contribution in [0.3, 0.4) is 0 Å². The Labute approximate surface area is 130 Å². The Bertz CT molecular complexity index is 640. The highest BCUT2D eigenvalue weighted by molar-refractivity contribution is 6.04. The first-order valence-corrected chi connectivity index (χ1v) is 7.71. The lowest BCUT2D eigenvalue weighted by Crippen LogP contribution is -2.32. The van der Waals surface area contributed by atoms with Crippen molar-refractivity contribution in [3.63, 3.8) is 0 Å². The normalized spacial score (nSPS) is 15.8. The van der Waals surface area contributed by atoms with Gasteiger partial charge in [0, 0.05) is 24.5 Å². The molecule has 116 valence electrons. The number of amides is 1. The Morgan fingerprint density at radius 3 is 2.55 bits per heavy atom. The number of benzene rings is 1. The number of carbonyl (C=O) groups excluding carboxylic acids is 1. The SMILES string of the molecule is Cc1oncc1C(=O)Nc1ccc(N2CCC(C)CC2)cc1. The third-order valence-corrected chi connectivity index (χ3v) is 4.27. The number of aryl methyl sites for hydroxylation is 1. The Morgan fingerprint density at radius 2 is 1.95 bits per heavy atom. The predicted molar refractivity (Wildman–Crippen MR) is 86.2 cm³/mol. The second-order valence-corrected chi connectivity index (χ2v) is 5.97. The van der Waals surface area contributed by atoms with E-state index in [2.05, 4.69) is 34.4 Å². The van der Waals surface area contributed by atoms with Gasteiger partial charge < -0.3 is 14.7 Å². The minimum Gasteiger partial charge on any atom is -0.372 e. The van der Waals surface area contributed by atoms with Gasteiger partial charge in [-0.2, -0.15) is 0 Å². The fourth-order valence-electron chi connectivity index (χ4n) is 2.74. The molecular formula is C17H21N3O2. The molecule has 1 aliphatic rings. The molecule has 1 aliphatic heterocycles. The van der Waals surface area contributed by atoms with Crippen LogP contribution in [0.4, 0.5) is 11.4 Å². The molecule has 2 aromatic rings. The molecule has 0 aliphatic carbocycles. The third-order valence-electron chi connectivity index (χ3n) is 4.27. The lowest BCUT2D eigenvalue weighted by atomic mass is 9.99. The molecule has 1 N–H and O–H groups in total. The zero-order valence-corrected chi connectivity index (χ0v) is 13.0. The number of hydrogen-bond acceptors (Lipinski definition) is 4. The summed E-state index contributed by atoms with van der Waals surface area (Å²) >= 11 is 0.